The van der Waals surface area contributed by atoms with E-state index in [0.29, 0.717) is 0 Å². The van der Waals surface area contributed by atoms with Crippen LogP contribution in [0, 0.1) is 26.2 Å². The summed E-state index contributed by atoms with van der Waals surface area (Å²) in [6, 6.07) is 14.9. The van der Waals surface area contributed by atoms with Gasteiger partial charge in [-0.3, -0.25) is 4.98 Å². The molecule has 0 atom stereocenters. The van der Waals surface area contributed by atoms with Crippen LogP contribution in [0.25, 0.3) is 22.6 Å². The van der Waals surface area contributed by atoms with Gasteiger partial charge >= 0.3 is 0 Å². The fourth-order valence-corrected chi connectivity index (χ4v) is 2.90. The van der Waals surface area contributed by atoms with Crippen LogP contribution in [0.1, 0.15) is 69.4 Å². The van der Waals surface area contributed by atoms with E-state index in [2.05, 4.69) is 108 Å². The molecule has 0 N–H and O–H groups in total. The van der Waals surface area contributed by atoms with Crippen molar-refractivity contribution in [2.45, 2.75) is 62.3 Å². The van der Waals surface area contributed by atoms with Gasteiger partial charge in [0.05, 0.1) is 5.52 Å². The zero-order chi connectivity index (χ0) is 22.9. The Morgan fingerprint density at radius 1 is 0.933 bits per heavy atom. The molecular formula is C29H39N. The zero-order valence-electron chi connectivity index (χ0n) is 20.4. The second-order valence-electron chi connectivity index (χ2n) is 8.71. The summed E-state index contributed by atoms with van der Waals surface area (Å²) in [5.41, 5.74) is 8.74. The first-order valence-corrected chi connectivity index (χ1v) is 10.8. The topological polar surface area (TPSA) is 12.9 Å². The molecule has 1 heteroatoms. The first-order chi connectivity index (χ1) is 14.1. The van der Waals surface area contributed by atoms with Gasteiger partial charge in [0.1, 0.15) is 0 Å². The van der Waals surface area contributed by atoms with Crippen molar-refractivity contribution in [3.05, 3.63) is 89.1 Å². The van der Waals surface area contributed by atoms with Crippen molar-refractivity contribution >= 4 is 22.6 Å². The highest BCUT2D eigenvalue weighted by Gasteiger charge is 2.04. The Kier molecular flexibility index (Phi) is 9.72. The fraction of sp³-hybridized carbons (Fsp3) is 0.345. The molecule has 0 saturated carbocycles. The van der Waals surface area contributed by atoms with Crippen LogP contribution >= 0.6 is 0 Å². The largest absolute Gasteiger partial charge is 0.255 e. The summed E-state index contributed by atoms with van der Waals surface area (Å²) in [5.74, 6) is 0. The van der Waals surface area contributed by atoms with Gasteiger partial charge in [-0.05, 0) is 67.0 Å². The van der Waals surface area contributed by atoms with Crippen molar-refractivity contribution in [2.75, 3.05) is 0 Å². The van der Waals surface area contributed by atoms with Crippen LogP contribution in [0.3, 0.4) is 0 Å². The number of allylic oxidation sites excluding steroid dienone is 2. The van der Waals surface area contributed by atoms with Crippen molar-refractivity contribution in [3.63, 3.8) is 0 Å². The minimum absolute atomic E-state index is 0.261. The third kappa shape index (κ3) is 7.99. The van der Waals surface area contributed by atoms with Crippen molar-refractivity contribution in [1.29, 1.82) is 0 Å². The van der Waals surface area contributed by atoms with Crippen LogP contribution < -0.4 is 0 Å². The van der Waals surface area contributed by atoms with Crippen LogP contribution in [0.4, 0.5) is 0 Å². The van der Waals surface area contributed by atoms with E-state index in [1.165, 1.54) is 27.6 Å². The van der Waals surface area contributed by atoms with Crippen LogP contribution in [0.5, 0.6) is 0 Å². The van der Waals surface area contributed by atoms with Crippen molar-refractivity contribution in [3.8, 4) is 0 Å². The Hall–Kier alpha value is -2.67. The summed E-state index contributed by atoms with van der Waals surface area (Å²) in [5, 5.41) is 1.19. The van der Waals surface area contributed by atoms with E-state index in [0.717, 1.165) is 16.7 Å². The summed E-state index contributed by atoms with van der Waals surface area (Å²) in [6.07, 6.45) is 6.36. The number of benzene rings is 2. The van der Waals surface area contributed by atoms with Crippen LogP contribution in [0.2, 0.25) is 0 Å². The lowest BCUT2D eigenvalue weighted by Crippen LogP contribution is -1.98. The second kappa shape index (κ2) is 11.5. The summed E-state index contributed by atoms with van der Waals surface area (Å²) < 4.78 is 0. The number of fused-ring (bicyclic) bond motifs is 1. The molecule has 0 saturated heterocycles. The number of nitrogens with zero attached hydrogens (tertiary/aromatic N) is 1. The number of hydrogen-bond donors (Lipinski definition) is 0. The Labute approximate surface area is 184 Å². The number of aromatic nitrogens is 1. The molecule has 0 aliphatic carbocycles. The Bertz CT molecular complexity index is 1000. The van der Waals surface area contributed by atoms with Gasteiger partial charge < -0.3 is 0 Å². The second-order valence-corrected chi connectivity index (χ2v) is 8.71. The number of rotatable bonds is 2. The molecule has 0 fully saturated rings. The van der Waals surface area contributed by atoms with E-state index in [-0.39, 0.29) is 5.41 Å². The molecule has 0 amide bonds. The number of para-hydroxylation sites is 1. The minimum atomic E-state index is 0.261. The monoisotopic (exact) mass is 401 g/mol. The van der Waals surface area contributed by atoms with E-state index in [1.54, 1.807) is 0 Å². The van der Waals surface area contributed by atoms with E-state index in [9.17, 15) is 0 Å². The number of hydrogen-bond acceptors (Lipinski definition) is 1. The van der Waals surface area contributed by atoms with Gasteiger partial charge in [0.25, 0.3) is 0 Å². The molecule has 1 heterocycles. The van der Waals surface area contributed by atoms with E-state index in [1.807, 2.05) is 27.0 Å². The van der Waals surface area contributed by atoms with Gasteiger partial charge in [0, 0.05) is 11.6 Å². The van der Waals surface area contributed by atoms with Gasteiger partial charge in [0.2, 0.25) is 0 Å². The number of pyridine rings is 1. The third-order valence-electron chi connectivity index (χ3n) is 4.59. The zero-order valence-corrected chi connectivity index (χ0v) is 20.4. The highest BCUT2D eigenvalue weighted by Crippen LogP contribution is 2.20. The summed E-state index contributed by atoms with van der Waals surface area (Å²) in [6.45, 7) is 22.9. The quantitative estimate of drug-likeness (QED) is 0.417. The standard InChI is InChI=1S/C14H20.C13H13N.C2H6/c1-11-6-7-13(12(2)10-11)8-9-14(3,4)5;1-9(2)12-7-11-6-4-5-10(3)13(11)14-8-12;1-2/h6-10H,1-5H3;4-8H,1H2,2-3H3;1-2H3. The van der Waals surface area contributed by atoms with Crippen molar-refractivity contribution in [1.82, 2.24) is 4.98 Å². The van der Waals surface area contributed by atoms with E-state index >= 15 is 0 Å². The van der Waals surface area contributed by atoms with Gasteiger partial charge in [-0.1, -0.05) is 95.3 Å². The molecule has 3 rings (SSSR count). The van der Waals surface area contributed by atoms with Crippen molar-refractivity contribution < 1.29 is 0 Å². The van der Waals surface area contributed by atoms with E-state index < -0.39 is 0 Å². The Morgan fingerprint density at radius 2 is 1.60 bits per heavy atom. The summed E-state index contributed by atoms with van der Waals surface area (Å²) in [7, 11) is 0. The summed E-state index contributed by atoms with van der Waals surface area (Å²) in [4.78, 5) is 4.44. The fourth-order valence-electron chi connectivity index (χ4n) is 2.90. The lowest BCUT2D eigenvalue weighted by Gasteiger charge is -2.11. The van der Waals surface area contributed by atoms with Gasteiger partial charge in [-0.15, -0.1) is 0 Å². The molecule has 0 unspecified atom stereocenters. The molecule has 1 aromatic heterocycles. The highest BCUT2D eigenvalue weighted by molar-refractivity contribution is 5.84. The molecule has 0 aliphatic heterocycles. The van der Waals surface area contributed by atoms with Gasteiger partial charge in [-0.2, -0.15) is 0 Å². The molecule has 0 bridgehead atoms. The molecule has 0 aliphatic rings. The highest BCUT2D eigenvalue weighted by atomic mass is 14.7. The van der Waals surface area contributed by atoms with Crippen LogP contribution in [0.15, 0.2) is 61.3 Å². The predicted molar refractivity (Wildman–Crippen MR) is 137 cm³/mol. The molecule has 2 aromatic carbocycles. The van der Waals surface area contributed by atoms with Gasteiger partial charge in [-0.25, -0.2) is 0 Å². The molecule has 3 aromatic rings. The normalized spacial score (nSPS) is 10.8. The Morgan fingerprint density at radius 3 is 2.17 bits per heavy atom. The van der Waals surface area contributed by atoms with Crippen LogP contribution in [-0.2, 0) is 0 Å². The lowest BCUT2D eigenvalue weighted by molar-refractivity contribution is 0.547. The first-order valence-electron chi connectivity index (χ1n) is 10.8. The minimum Gasteiger partial charge on any atom is -0.255 e. The number of aryl methyl sites for hydroxylation is 3. The molecule has 0 spiro atoms. The molecular weight excluding hydrogens is 362 g/mol. The third-order valence-corrected chi connectivity index (χ3v) is 4.59. The maximum absolute atomic E-state index is 4.44. The average Bonchev–Trinajstić information content (AvgIpc) is 2.68. The van der Waals surface area contributed by atoms with Gasteiger partial charge in [0.15, 0.2) is 0 Å². The average molecular weight is 402 g/mol. The smallest absolute Gasteiger partial charge is 0.0731 e. The SMILES string of the molecule is C=C(C)c1cnc2c(C)cccc2c1.CC.Cc1ccc(C=CC(C)(C)C)c(C)c1. The van der Waals surface area contributed by atoms with E-state index in [4.69, 9.17) is 0 Å². The van der Waals surface area contributed by atoms with Crippen LogP contribution in [-0.4, -0.2) is 4.98 Å². The maximum Gasteiger partial charge on any atom is 0.0731 e. The summed E-state index contributed by atoms with van der Waals surface area (Å²) >= 11 is 0. The first kappa shape index (κ1) is 25.4. The predicted octanol–water partition coefficient (Wildman–Crippen LogP) is 8.97. The molecule has 0 radical (unpaired) electrons. The Balaban J connectivity index is 0.000000277. The lowest BCUT2D eigenvalue weighted by atomic mass is 9.94. The molecule has 30 heavy (non-hydrogen) atoms. The molecule has 1 nitrogen and oxygen atoms in total. The van der Waals surface area contributed by atoms with Crippen molar-refractivity contribution in [2.24, 2.45) is 5.41 Å². The maximum atomic E-state index is 4.44. The molecule has 160 valence electrons.